The highest BCUT2D eigenvalue weighted by atomic mass is 16.4. The quantitative estimate of drug-likeness (QED) is 0.539. The molecule has 0 aromatic carbocycles. The lowest BCUT2D eigenvalue weighted by molar-refractivity contribution is -0.147. The van der Waals surface area contributed by atoms with Gasteiger partial charge in [-0.1, -0.05) is 0 Å². The maximum atomic E-state index is 9.71. The molecule has 0 saturated heterocycles. The van der Waals surface area contributed by atoms with E-state index in [1.807, 2.05) is 0 Å². The minimum atomic E-state index is -1.31. The van der Waals surface area contributed by atoms with Crippen LogP contribution in [-0.4, -0.2) is 33.2 Å². The molecule has 1 atom stereocenters. The maximum absolute atomic E-state index is 9.71. The molecular formula is C7H9NO6. The highest BCUT2D eigenvalue weighted by molar-refractivity contribution is 5.88. The average Bonchev–Trinajstić information content (AvgIpc) is 2.01. The van der Waals surface area contributed by atoms with Gasteiger partial charge in [-0.25, -0.2) is 0 Å². The summed E-state index contributed by atoms with van der Waals surface area (Å²) >= 11 is 0. The van der Waals surface area contributed by atoms with Gasteiger partial charge in [0.15, 0.2) is 0 Å². The lowest BCUT2D eigenvalue weighted by Gasteiger charge is -1.86. The van der Waals surface area contributed by atoms with E-state index in [0.717, 1.165) is 0 Å². The number of hydrogen-bond acceptors (Lipinski definition) is 4. The summed E-state index contributed by atoms with van der Waals surface area (Å²) in [6.07, 6.45) is -0.806. The third-order valence-corrected chi connectivity index (χ3v) is 0.867. The van der Waals surface area contributed by atoms with Crippen LogP contribution in [0.5, 0.6) is 0 Å². The summed E-state index contributed by atoms with van der Waals surface area (Å²) in [6, 6.07) is 1.56. The molecule has 0 saturated carbocycles. The van der Waals surface area contributed by atoms with Crippen LogP contribution in [-0.2, 0) is 14.4 Å². The Bertz CT molecular complexity index is 254. The van der Waals surface area contributed by atoms with Gasteiger partial charge in [0.25, 0.3) is 0 Å². The molecule has 7 nitrogen and oxygen atoms in total. The number of carbonyl (C=O) groups is 3. The van der Waals surface area contributed by atoms with Crippen LogP contribution in [0.15, 0.2) is 0 Å². The van der Waals surface area contributed by atoms with Crippen LogP contribution in [0.1, 0.15) is 13.3 Å². The van der Waals surface area contributed by atoms with E-state index >= 15 is 0 Å². The van der Waals surface area contributed by atoms with Crippen molar-refractivity contribution in [1.29, 1.82) is 5.26 Å². The molecule has 0 aliphatic carbocycles. The van der Waals surface area contributed by atoms with Crippen LogP contribution in [0.4, 0.5) is 0 Å². The summed E-state index contributed by atoms with van der Waals surface area (Å²) in [5, 5.41) is 31.2. The topological polar surface area (TPSA) is 136 Å². The Morgan fingerprint density at radius 3 is 1.57 bits per heavy atom. The Kier molecular flexibility index (Phi) is 7.77. The van der Waals surface area contributed by atoms with Crippen molar-refractivity contribution >= 4 is 17.9 Å². The summed E-state index contributed by atoms with van der Waals surface area (Å²) < 4.78 is 0. The molecule has 3 N–H and O–H groups in total. The van der Waals surface area contributed by atoms with E-state index in [-0.39, 0.29) is 0 Å². The first-order valence-electron chi connectivity index (χ1n) is 3.37. The summed E-state index contributed by atoms with van der Waals surface area (Å²) in [4.78, 5) is 28.6. The van der Waals surface area contributed by atoms with E-state index in [0.29, 0.717) is 0 Å². The molecule has 0 spiro atoms. The molecule has 0 aromatic heterocycles. The lowest BCUT2D eigenvalue weighted by atomic mass is 10.2. The first-order valence-corrected chi connectivity index (χ1v) is 3.37. The maximum Gasteiger partial charge on any atom is 0.320 e. The third kappa shape index (κ3) is 12.6. The smallest absolute Gasteiger partial charge is 0.320 e. The number of nitrogens with zero attached hydrogens (tertiary/aromatic N) is 1. The summed E-state index contributed by atoms with van der Waals surface area (Å²) in [5.41, 5.74) is 0. The Morgan fingerprint density at radius 2 is 1.57 bits per heavy atom. The van der Waals surface area contributed by atoms with Crippen LogP contribution in [0.2, 0.25) is 0 Å². The van der Waals surface area contributed by atoms with E-state index in [1.165, 1.54) is 6.92 Å². The predicted molar refractivity (Wildman–Crippen MR) is 42.3 cm³/mol. The number of carboxylic acid groups (broad SMARTS) is 3. The molecule has 0 bridgehead atoms. The van der Waals surface area contributed by atoms with E-state index < -0.39 is 30.2 Å². The highest BCUT2D eigenvalue weighted by Crippen LogP contribution is 1.87. The van der Waals surface area contributed by atoms with Gasteiger partial charge in [0.1, 0.15) is 12.3 Å². The SMILES string of the molecule is CC(C#N)C(=O)O.O=C(O)CC(=O)O. The predicted octanol–water partition coefficient (Wildman–Crippen LogP) is -0.224. The largest absolute Gasteiger partial charge is 0.481 e. The number of aliphatic carboxylic acids is 3. The first kappa shape index (κ1) is 14.4. The van der Waals surface area contributed by atoms with Crippen LogP contribution < -0.4 is 0 Å². The molecule has 0 aliphatic rings. The fourth-order valence-corrected chi connectivity index (χ4v) is 0.185. The molecule has 0 amide bonds. The van der Waals surface area contributed by atoms with E-state index in [4.69, 9.17) is 20.6 Å². The first-order chi connectivity index (χ1) is 6.31. The highest BCUT2D eigenvalue weighted by Gasteiger charge is 2.06. The second kappa shape index (κ2) is 7.54. The summed E-state index contributed by atoms with van der Waals surface area (Å²) in [6.45, 7) is 1.34. The van der Waals surface area contributed by atoms with Gasteiger partial charge in [0.05, 0.1) is 6.07 Å². The Labute approximate surface area is 79.2 Å². The molecule has 78 valence electrons. The van der Waals surface area contributed by atoms with Gasteiger partial charge in [-0.2, -0.15) is 5.26 Å². The van der Waals surface area contributed by atoms with Crippen LogP contribution in [0, 0.1) is 17.2 Å². The fourth-order valence-electron chi connectivity index (χ4n) is 0.185. The molecular weight excluding hydrogens is 194 g/mol. The minimum absolute atomic E-state index is 0.806. The lowest BCUT2D eigenvalue weighted by Crippen LogP contribution is -2.05. The molecule has 0 aliphatic heterocycles. The van der Waals surface area contributed by atoms with Crippen molar-refractivity contribution in [3.05, 3.63) is 0 Å². The van der Waals surface area contributed by atoms with Crippen molar-refractivity contribution in [3.8, 4) is 6.07 Å². The number of rotatable bonds is 3. The van der Waals surface area contributed by atoms with Crippen molar-refractivity contribution in [2.75, 3.05) is 0 Å². The molecule has 0 aromatic rings. The second-order valence-electron chi connectivity index (χ2n) is 2.15. The van der Waals surface area contributed by atoms with Crippen molar-refractivity contribution in [2.45, 2.75) is 13.3 Å². The van der Waals surface area contributed by atoms with Gasteiger partial charge in [-0.05, 0) is 6.92 Å². The molecule has 1 unspecified atom stereocenters. The number of nitriles is 1. The van der Waals surface area contributed by atoms with Gasteiger partial charge in [-0.3, -0.25) is 14.4 Å². The van der Waals surface area contributed by atoms with E-state index in [1.54, 1.807) is 6.07 Å². The van der Waals surface area contributed by atoms with Gasteiger partial charge >= 0.3 is 17.9 Å². The van der Waals surface area contributed by atoms with Crippen LogP contribution in [0.3, 0.4) is 0 Å². The minimum Gasteiger partial charge on any atom is -0.481 e. The zero-order valence-corrected chi connectivity index (χ0v) is 7.30. The van der Waals surface area contributed by atoms with Crippen molar-refractivity contribution in [2.24, 2.45) is 5.92 Å². The summed E-state index contributed by atoms with van der Waals surface area (Å²) in [5.74, 6) is -4.57. The average molecular weight is 203 g/mol. The molecule has 0 heterocycles. The van der Waals surface area contributed by atoms with Crippen molar-refractivity contribution in [3.63, 3.8) is 0 Å². The van der Waals surface area contributed by atoms with Gasteiger partial charge in [0, 0.05) is 0 Å². The normalized spacial score (nSPS) is 10.0. The van der Waals surface area contributed by atoms with Crippen molar-refractivity contribution < 1.29 is 29.7 Å². The number of carboxylic acids is 3. The second-order valence-corrected chi connectivity index (χ2v) is 2.15. The van der Waals surface area contributed by atoms with Crippen LogP contribution in [0.25, 0.3) is 0 Å². The van der Waals surface area contributed by atoms with E-state index in [2.05, 4.69) is 0 Å². The molecule has 7 heteroatoms. The molecule has 0 fully saturated rings. The Morgan fingerprint density at radius 1 is 1.21 bits per heavy atom. The zero-order chi connectivity index (χ0) is 11.7. The van der Waals surface area contributed by atoms with Crippen molar-refractivity contribution in [1.82, 2.24) is 0 Å². The standard InChI is InChI=1S/C4H5NO2.C3H4O4/c1-3(2-5)4(6)7;4-2(5)1-3(6)7/h3H,1H3,(H,6,7);1H2,(H,4,5)(H,6,7). The Hall–Kier alpha value is -2.10. The molecule has 0 radical (unpaired) electrons. The zero-order valence-electron chi connectivity index (χ0n) is 7.30. The van der Waals surface area contributed by atoms with Crippen LogP contribution >= 0.6 is 0 Å². The van der Waals surface area contributed by atoms with E-state index in [9.17, 15) is 14.4 Å². The fraction of sp³-hybridized carbons (Fsp3) is 0.429. The molecule has 0 rings (SSSR count). The molecule has 14 heavy (non-hydrogen) atoms. The van der Waals surface area contributed by atoms with Gasteiger partial charge in [-0.15, -0.1) is 0 Å². The van der Waals surface area contributed by atoms with Gasteiger partial charge in [0.2, 0.25) is 0 Å². The number of hydrogen-bond donors (Lipinski definition) is 3. The van der Waals surface area contributed by atoms with Gasteiger partial charge < -0.3 is 15.3 Å². The Balaban J connectivity index is 0. The summed E-state index contributed by atoms with van der Waals surface area (Å²) in [7, 11) is 0. The monoisotopic (exact) mass is 203 g/mol. The third-order valence-electron chi connectivity index (χ3n) is 0.867.